The average Bonchev–Trinajstić information content (AvgIpc) is 2.52. The Hall–Kier alpha value is -1.80. The number of ether oxygens (including phenoxy) is 1. The van der Waals surface area contributed by atoms with Crippen molar-refractivity contribution in [3.8, 4) is 5.75 Å². The molecule has 0 heterocycles. The quantitative estimate of drug-likeness (QED) is 0.590. The van der Waals surface area contributed by atoms with Crippen molar-refractivity contribution in [1.82, 2.24) is 15.4 Å². The number of carbonyl (C=O) groups excluding carboxylic acids is 1. The first-order chi connectivity index (χ1) is 10.9. The first-order valence-electron chi connectivity index (χ1n) is 7.62. The lowest BCUT2D eigenvalue weighted by atomic mass is 10.1. The molecule has 8 heteroatoms. The van der Waals surface area contributed by atoms with Gasteiger partial charge in [0.25, 0.3) is 0 Å². The second kappa shape index (κ2) is 9.36. The van der Waals surface area contributed by atoms with Crippen LogP contribution in [0.2, 0.25) is 0 Å². The lowest BCUT2D eigenvalue weighted by molar-refractivity contribution is 0.238. The van der Waals surface area contributed by atoms with Crippen LogP contribution in [0.5, 0.6) is 5.75 Å². The molecule has 0 radical (unpaired) electrons. The maximum absolute atomic E-state index is 11.8. The van der Waals surface area contributed by atoms with Crippen molar-refractivity contribution in [3.63, 3.8) is 0 Å². The number of sulfonamides is 1. The Kier molecular flexibility index (Phi) is 7.84. The summed E-state index contributed by atoms with van der Waals surface area (Å²) in [4.78, 5) is 11.8. The molecule has 0 bridgehead atoms. The van der Waals surface area contributed by atoms with Crippen LogP contribution >= 0.6 is 0 Å². The Morgan fingerprint density at radius 1 is 1.26 bits per heavy atom. The third-order valence-electron chi connectivity index (χ3n) is 3.13. The molecule has 0 saturated heterocycles. The monoisotopic (exact) mass is 343 g/mol. The Morgan fingerprint density at radius 2 is 2.00 bits per heavy atom. The van der Waals surface area contributed by atoms with Crippen LogP contribution in [0, 0.1) is 0 Å². The van der Waals surface area contributed by atoms with Crippen molar-refractivity contribution in [2.24, 2.45) is 0 Å². The molecule has 0 spiro atoms. The third kappa shape index (κ3) is 7.34. The Balaban J connectivity index is 2.40. The van der Waals surface area contributed by atoms with E-state index in [9.17, 15) is 13.2 Å². The molecule has 3 N–H and O–H groups in total. The number of hydrogen-bond donors (Lipinski definition) is 3. The van der Waals surface area contributed by atoms with Crippen LogP contribution in [0.1, 0.15) is 32.4 Å². The van der Waals surface area contributed by atoms with Gasteiger partial charge in [-0.3, -0.25) is 0 Å². The van der Waals surface area contributed by atoms with Gasteiger partial charge in [0.15, 0.2) is 0 Å². The van der Waals surface area contributed by atoms with Gasteiger partial charge >= 0.3 is 6.03 Å². The highest BCUT2D eigenvalue weighted by Gasteiger charge is 2.10. The molecule has 1 rings (SSSR count). The topological polar surface area (TPSA) is 96.5 Å². The van der Waals surface area contributed by atoms with E-state index in [1.807, 2.05) is 38.1 Å². The number of carbonyl (C=O) groups is 1. The summed E-state index contributed by atoms with van der Waals surface area (Å²) in [6.45, 7) is 6.30. The predicted molar refractivity (Wildman–Crippen MR) is 90.0 cm³/mol. The largest absolute Gasteiger partial charge is 0.494 e. The van der Waals surface area contributed by atoms with Crippen LogP contribution in [0.25, 0.3) is 0 Å². The van der Waals surface area contributed by atoms with E-state index in [1.165, 1.54) is 0 Å². The number of nitrogens with one attached hydrogen (secondary N) is 3. The van der Waals surface area contributed by atoms with Gasteiger partial charge < -0.3 is 15.4 Å². The molecular weight excluding hydrogens is 318 g/mol. The molecule has 1 aromatic carbocycles. The maximum atomic E-state index is 11.8. The van der Waals surface area contributed by atoms with Crippen molar-refractivity contribution in [2.45, 2.75) is 26.8 Å². The highest BCUT2D eigenvalue weighted by molar-refractivity contribution is 7.89. The highest BCUT2D eigenvalue weighted by Crippen LogP contribution is 2.18. The SMILES string of the molecule is CCOc1cccc([C@H](C)NC(=O)NCCNS(=O)(=O)CC)c1. The summed E-state index contributed by atoms with van der Waals surface area (Å²) in [6.07, 6.45) is 0. The van der Waals surface area contributed by atoms with Crippen LogP contribution in [0.3, 0.4) is 0 Å². The van der Waals surface area contributed by atoms with Crippen molar-refractivity contribution >= 4 is 16.1 Å². The van der Waals surface area contributed by atoms with E-state index in [0.29, 0.717) is 6.61 Å². The summed E-state index contributed by atoms with van der Waals surface area (Å²) in [6, 6.07) is 6.97. The number of rotatable bonds is 9. The molecule has 7 nitrogen and oxygen atoms in total. The number of benzene rings is 1. The zero-order chi connectivity index (χ0) is 17.3. The summed E-state index contributed by atoms with van der Waals surface area (Å²) in [7, 11) is -3.23. The molecule has 0 aromatic heterocycles. The first-order valence-corrected chi connectivity index (χ1v) is 9.27. The van der Waals surface area contributed by atoms with Crippen molar-refractivity contribution < 1.29 is 17.9 Å². The fourth-order valence-electron chi connectivity index (χ4n) is 1.86. The van der Waals surface area contributed by atoms with E-state index in [-0.39, 0.29) is 30.9 Å². The lowest BCUT2D eigenvalue weighted by Gasteiger charge is -2.16. The normalized spacial score (nSPS) is 12.5. The third-order valence-corrected chi connectivity index (χ3v) is 4.53. The van der Waals surface area contributed by atoms with E-state index in [4.69, 9.17) is 4.74 Å². The molecule has 0 unspecified atom stereocenters. The molecule has 1 atom stereocenters. The van der Waals surface area contributed by atoms with E-state index >= 15 is 0 Å². The van der Waals surface area contributed by atoms with E-state index < -0.39 is 10.0 Å². The van der Waals surface area contributed by atoms with Crippen LogP contribution in [0.4, 0.5) is 4.79 Å². The summed E-state index contributed by atoms with van der Waals surface area (Å²) in [5.41, 5.74) is 0.929. The maximum Gasteiger partial charge on any atom is 0.315 e. The summed E-state index contributed by atoms with van der Waals surface area (Å²) < 4.78 is 30.3. The smallest absolute Gasteiger partial charge is 0.315 e. The fraction of sp³-hybridized carbons (Fsp3) is 0.533. The standard InChI is InChI=1S/C15H25N3O4S/c1-4-22-14-8-6-7-13(11-14)12(3)18-15(19)16-9-10-17-23(20,21)5-2/h6-8,11-12,17H,4-5,9-10H2,1-3H3,(H2,16,18,19)/t12-/m0/s1. The van der Waals surface area contributed by atoms with Gasteiger partial charge in [0.2, 0.25) is 10.0 Å². The van der Waals surface area contributed by atoms with Gasteiger partial charge in [0, 0.05) is 13.1 Å². The Morgan fingerprint density at radius 3 is 2.65 bits per heavy atom. The van der Waals surface area contributed by atoms with Crippen LogP contribution in [-0.2, 0) is 10.0 Å². The second-order valence-corrected chi connectivity index (χ2v) is 7.02. The zero-order valence-corrected chi connectivity index (χ0v) is 14.6. The Labute approximate surface area is 137 Å². The van der Waals surface area contributed by atoms with Crippen LogP contribution in [0.15, 0.2) is 24.3 Å². The van der Waals surface area contributed by atoms with Gasteiger partial charge in [-0.1, -0.05) is 12.1 Å². The van der Waals surface area contributed by atoms with Crippen molar-refractivity contribution in [2.75, 3.05) is 25.4 Å². The minimum Gasteiger partial charge on any atom is -0.494 e. The predicted octanol–water partition coefficient (Wildman–Crippen LogP) is 1.38. The van der Waals surface area contributed by atoms with E-state index in [1.54, 1.807) is 6.92 Å². The summed E-state index contributed by atoms with van der Waals surface area (Å²) in [5.74, 6) is 0.778. The molecule has 0 saturated carbocycles. The van der Waals surface area contributed by atoms with Crippen molar-refractivity contribution in [3.05, 3.63) is 29.8 Å². The van der Waals surface area contributed by atoms with Gasteiger partial charge in [-0.15, -0.1) is 0 Å². The van der Waals surface area contributed by atoms with Gasteiger partial charge in [-0.05, 0) is 38.5 Å². The van der Waals surface area contributed by atoms with Gasteiger partial charge in [0.05, 0.1) is 18.4 Å². The van der Waals surface area contributed by atoms with E-state index in [0.717, 1.165) is 11.3 Å². The molecule has 0 aliphatic heterocycles. The molecule has 130 valence electrons. The van der Waals surface area contributed by atoms with Crippen LogP contribution in [-0.4, -0.2) is 39.9 Å². The molecule has 1 aromatic rings. The molecule has 2 amide bonds. The highest BCUT2D eigenvalue weighted by atomic mass is 32.2. The minimum atomic E-state index is -3.23. The number of amides is 2. The molecule has 0 fully saturated rings. The van der Waals surface area contributed by atoms with E-state index in [2.05, 4.69) is 15.4 Å². The zero-order valence-electron chi connectivity index (χ0n) is 13.8. The minimum absolute atomic E-state index is 0.0202. The van der Waals surface area contributed by atoms with Gasteiger partial charge in [0.1, 0.15) is 5.75 Å². The lowest BCUT2D eigenvalue weighted by Crippen LogP contribution is -2.41. The van der Waals surface area contributed by atoms with Gasteiger partial charge in [-0.2, -0.15) is 0 Å². The second-order valence-electron chi connectivity index (χ2n) is 4.93. The van der Waals surface area contributed by atoms with Crippen LogP contribution < -0.4 is 20.1 Å². The molecule has 23 heavy (non-hydrogen) atoms. The fourth-order valence-corrected chi connectivity index (χ4v) is 2.47. The molecular formula is C15H25N3O4S. The number of urea groups is 1. The molecule has 0 aliphatic carbocycles. The summed E-state index contributed by atoms with van der Waals surface area (Å²) >= 11 is 0. The average molecular weight is 343 g/mol. The molecule has 0 aliphatic rings. The summed E-state index contributed by atoms with van der Waals surface area (Å²) in [5, 5.41) is 5.41. The first kappa shape index (κ1) is 19.2. The van der Waals surface area contributed by atoms with Gasteiger partial charge in [-0.25, -0.2) is 17.9 Å². The van der Waals surface area contributed by atoms with Crippen molar-refractivity contribution in [1.29, 1.82) is 0 Å². The number of hydrogen-bond acceptors (Lipinski definition) is 4. The Bertz CT molecular complexity index is 604.